The Bertz CT molecular complexity index is 670. The van der Waals surface area contributed by atoms with E-state index >= 15 is 0 Å². The van der Waals surface area contributed by atoms with Crippen LogP contribution in [-0.4, -0.2) is 22.9 Å². The predicted octanol–water partition coefficient (Wildman–Crippen LogP) is 2.91. The highest BCUT2D eigenvalue weighted by atomic mass is 19.4. The summed E-state index contributed by atoms with van der Waals surface area (Å²) in [7, 11) is 1.31. The number of nitrogens with zero attached hydrogens (tertiary/aromatic N) is 2. The summed E-state index contributed by atoms with van der Waals surface area (Å²) in [5.74, 6) is 0. The molecule has 2 rings (SSSR count). The lowest BCUT2D eigenvalue weighted by atomic mass is 9.95. The Balaban J connectivity index is 2.66. The second-order valence-corrected chi connectivity index (χ2v) is 4.75. The largest absolute Gasteiger partial charge is 0.416 e. The van der Waals surface area contributed by atoms with Gasteiger partial charge in [0.1, 0.15) is 6.04 Å². The van der Waals surface area contributed by atoms with Crippen LogP contribution >= 0.6 is 0 Å². The van der Waals surface area contributed by atoms with Crippen molar-refractivity contribution in [2.24, 2.45) is 0 Å². The molecule has 1 aromatic carbocycles. The number of carbonyl (C=O) groups is 1. The molecule has 1 N–H and O–H groups in total. The van der Waals surface area contributed by atoms with E-state index in [4.69, 9.17) is 0 Å². The molecule has 1 aliphatic rings. The van der Waals surface area contributed by atoms with Gasteiger partial charge in [-0.3, -0.25) is 15.0 Å². The number of nitro groups is 1. The van der Waals surface area contributed by atoms with Crippen molar-refractivity contribution in [3.05, 3.63) is 56.9 Å². The molecule has 1 heterocycles. The number of allylic oxidation sites excluding steroid dienone is 1. The van der Waals surface area contributed by atoms with E-state index < -0.39 is 34.4 Å². The number of hydrogen-bond acceptors (Lipinski definition) is 3. The molecule has 0 spiro atoms. The molecule has 22 heavy (non-hydrogen) atoms. The van der Waals surface area contributed by atoms with Crippen LogP contribution in [0.25, 0.3) is 0 Å². The van der Waals surface area contributed by atoms with Gasteiger partial charge in [0, 0.05) is 7.05 Å². The Labute approximate surface area is 123 Å². The summed E-state index contributed by atoms with van der Waals surface area (Å²) in [4.78, 5) is 23.3. The predicted molar refractivity (Wildman–Crippen MR) is 70.2 cm³/mol. The van der Waals surface area contributed by atoms with Crippen LogP contribution in [0.3, 0.4) is 0 Å². The first kappa shape index (κ1) is 15.8. The first-order valence-electron chi connectivity index (χ1n) is 6.20. The molecule has 0 aliphatic carbocycles. The average Bonchev–Trinajstić information content (AvgIpc) is 2.43. The van der Waals surface area contributed by atoms with Crippen LogP contribution in [0.5, 0.6) is 0 Å². The number of amides is 2. The molecule has 1 atom stereocenters. The Hall–Kier alpha value is -2.58. The molecule has 0 bridgehead atoms. The number of hydrogen-bond donors (Lipinski definition) is 1. The molecule has 2 amide bonds. The highest BCUT2D eigenvalue weighted by Crippen LogP contribution is 2.38. The monoisotopic (exact) mass is 315 g/mol. The standard InChI is InChI=1S/C13H12F3N3O3/c1-7-11(19(21)22)10(17-12(20)18(7)2)8-5-3-4-6-9(8)13(14,15)16/h3-6,10H,1-2H3,(H,17,20). The zero-order valence-corrected chi connectivity index (χ0v) is 11.6. The van der Waals surface area contributed by atoms with Gasteiger partial charge in [0.2, 0.25) is 0 Å². The van der Waals surface area contributed by atoms with E-state index in [9.17, 15) is 28.1 Å². The zero-order chi connectivity index (χ0) is 16.7. The van der Waals surface area contributed by atoms with Crippen LogP contribution in [0, 0.1) is 10.1 Å². The fourth-order valence-corrected chi connectivity index (χ4v) is 2.29. The second-order valence-electron chi connectivity index (χ2n) is 4.75. The molecule has 0 fully saturated rings. The molecular weight excluding hydrogens is 303 g/mol. The van der Waals surface area contributed by atoms with Gasteiger partial charge in [-0.1, -0.05) is 18.2 Å². The van der Waals surface area contributed by atoms with E-state index in [1.807, 2.05) is 0 Å². The summed E-state index contributed by atoms with van der Waals surface area (Å²) in [5.41, 5.74) is -1.87. The second kappa shape index (κ2) is 5.32. The van der Waals surface area contributed by atoms with E-state index in [0.29, 0.717) is 0 Å². The highest BCUT2D eigenvalue weighted by molar-refractivity contribution is 5.78. The summed E-state index contributed by atoms with van der Waals surface area (Å²) < 4.78 is 39.3. The molecule has 0 saturated carbocycles. The topological polar surface area (TPSA) is 75.5 Å². The Kier molecular flexibility index (Phi) is 3.82. The van der Waals surface area contributed by atoms with Crippen molar-refractivity contribution >= 4 is 6.03 Å². The average molecular weight is 315 g/mol. The maximum Gasteiger partial charge on any atom is 0.416 e. The lowest BCUT2D eigenvalue weighted by molar-refractivity contribution is -0.433. The van der Waals surface area contributed by atoms with Crippen molar-refractivity contribution in [1.82, 2.24) is 10.2 Å². The maximum absolute atomic E-state index is 13.1. The van der Waals surface area contributed by atoms with Crippen molar-refractivity contribution in [2.45, 2.75) is 19.1 Å². The van der Waals surface area contributed by atoms with Gasteiger partial charge in [-0.25, -0.2) is 4.79 Å². The third kappa shape index (κ3) is 2.61. The highest BCUT2D eigenvalue weighted by Gasteiger charge is 2.43. The first-order chi connectivity index (χ1) is 10.1. The van der Waals surface area contributed by atoms with Crippen molar-refractivity contribution in [2.75, 3.05) is 7.05 Å². The Morgan fingerprint density at radius 2 is 1.91 bits per heavy atom. The van der Waals surface area contributed by atoms with Crippen molar-refractivity contribution in [3.8, 4) is 0 Å². The molecule has 0 aromatic heterocycles. The number of nitrogens with one attached hydrogen (secondary N) is 1. The molecule has 1 aliphatic heterocycles. The number of carbonyl (C=O) groups excluding carboxylic acids is 1. The van der Waals surface area contributed by atoms with Gasteiger partial charge < -0.3 is 5.32 Å². The van der Waals surface area contributed by atoms with Gasteiger partial charge in [0.15, 0.2) is 0 Å². The zero-order valence-electron chi connectivity index (χ0n) is 11.6. The summed E-state index contributed by atoms with van der Waals surface area (Å²) in [6.07, 6.45) is -4.68. The van der Waals surface area contributed by atoms with Crippen LogP contribution in [-0.2, 0) is 6.18 Å². The number of alkyl halides is 3. The van der Waals surface area contributed by atoms with Crippen LogP contribution in [0.4, 0.5) is 18.0 Å². The molecular formula is C13H12F3N3O3. The number of urea groups is 1. The third-order valence-electron chi connectivity index (χ3n) is 3.49. The lowest BCUT2D eigenvalue weighted by Gasteiger charge is -2.30. The van der Waals surface area contributed by atoms with Gasteiger partial charge in [-0.15, -0.1) is 0 Å². The minimum absolute atomic E-state index is 0.00396. The van der Waals surface area contributed by atoms with Gasteiger partial charge in [0.05, 0.1) is 16.2 Å². The minimum atomic E-state index is -4.68. The van der Waals surface area contributed by atoms with Crippen molar-refractivity contribution < 1.29 is 22.9 Å². The fourth-order valence-electron chi connectivity index (χ4n) is 2.29. The number of halogens is 3. The number of rotatable bonds is 2. The first-order valence-corrected chi connectivity index (χ1v) is 6.20. The quantitative estimate of drug-likeness (QED) is 0.673. The molecule has 118 valence electrons. The van der Waals surface area contributed by atoms with Gasteiger partial charge in [0.25, 0.3) is 5.70 Å². The van der Waals surface area contributed by atoms with Gasteiger partial charge in [-0.05, 0) is 18.6 Å². The lowest BCUT2D eigenvalue weighted by Crippen LogP contribution is -2.46. The van der Waals surface area contributed by atoms with E-state index in [1.54, 1.807) is 0 Å². The summed E-state index contributed by atoms with van der Waals surface area (Å²) >= 11 is 0. The van der Waals surface area contributed by atoms with Crippen LogP contribution in [0.15, 0.2) is 35.7 Å². The third-order valence-corrected chi connectivity index (χ3v) is 3.49. The van der Waals surface area contributed by atoms with Crippen LogP contribution in [0.1, 0.15) is 24.1 Å². The van der Waals surface area contributed by atoms with Crippen LogP contribution < -0.4 is 5.32 Å². The summed E-state index contributed by atoms with van der Waals surface area (Å²) in [5, 5.41) is 13.5. The maximum atomic E-state index is 13.1. The summed E-state index contributed by atoms with van der Waals surface area (Å²) in [6, 6.07) is 2.30. The minimum Gasteiger partial charge on any atom is -0.321 e. The summed E-state index contributed by atoms with van der Waals surface area (Å²) in [6.45, 7) is 1.32. The SMILES string of the molecule is CC1=C([N+](=O)[O-])C(c2ccccc2C(F)(F)F)NC(=O)N1C. The normalized spacial score (nSPS) is 19.2. The Morgan fingerprint density at radius 1 is 1.32 bits per heavy atom. The Morgan fingerprint density at radius 3 is 2.45 bits per heavy atom. The van der Waals surface area contributed by atoms with Gasteiger partial charge >= 0.3 is 12.2 Å². The number of benzene rings is 1. The molecule has 0 radical (unpaired) electrons. The molecule has 1 aromatic rings. The van der Waals surface area contributed by atoms with E-state index in [0.717, 1.165) is 17.0 Å². The van der Waals surface area contributed by atoms with E-state index in [1.165, 1.54) is 26.1 Å². The molecule has 0 saturated heterocycles. The van der Waals surface area contributed by atoms with E-state index in [-0.39, 0.29) is 11.3 Å². The fraction of sp³-hybridized carbons (Fsp3) is 0.308. The molecule has 9 heteroatoms. The van der Waals surface area contributed by atoms with Crippen molar-refractivity contribution in [1.29, 1.82) is 0 Å². The van der Waals surface area contributed by atoms with Crippen LogP contribution in [0.2, 0.25) is 0 Å². The van der Waals surface area contributed by atoms with Crippen molar-refractivity contribution in [3.63, 3.8) is 0 Å². The smallest absolute Gasteiger partial charge is 0.321 e. The molecule has 6 nitrogen and oxygen atoms in total. The van der Waals surface area contributed by atoms with Gasteiger partial charge in [-0.2, -0.15) is 13.2 Å². The van der Waals surface area contributed by atoms with E-state index in [2.05, 4.69) is 5.32 Å². The molecule has 1 unspecified atom stereocenters.